The third kappa shape index (κ3) is 24.1. The van der Waals surface area contributed by atoms with Gasteiger partial charge < -0.3 is 9.47 Å². The summed E-state index contributed by atoms with van der Waals surface area (Å²) in [6.07, 6.45) is 48.8. The molecular formula is C54H100BO2P. The van der Waals surface area contributed by atoms with Crippen LogP contribution < -0.4 is 20.4 Å². The predicted octanol–water partition coefficient (Wildman–Crippen LogP) is 17.3. The third-order valence-corrected chi connectivity index (χ3v) is 18.6. The van der Waals surface area contributed by atoms with Crippen molar-refractivity contribution in [2.75, 3.05) is 38.9 Å². The lowest BCUT2D eigenvalue weighted by molar-refractivity contribution is 0.415. The van der Waals surface area contributed by atoms with Crippen molar-refractivity contribution in [2.24, 2.45) is 0 Å². The molecule has 0 N–H and O–H groups in total. The number of unbranched alkanes of at least 4 members (excludes halogenated alkanes) is 22. The summed E-state index contributed by atoms with van der Waals surface area (Å²) in [6.45, 7) is 13.9. The second-order valence-corrected chi connectivity index (χ2v) is 22.9. The molecule has 58 heavy (non-hydrogen) atoms. The highest BCUT2D eigenvalue weighted by Gasteiger charge is 2.35. The SMILES string of the molecule is CCCCCCCC[P+](CCCCCCCC)(CCCCCCCC)CCCCCCCC.CCCC[B-](CCCC)(c1ccc(OC)cc1)c1ccc(OC)cc1. The van der Waals surface area contributed by atoms with Crippen LogP contribution in [0.4, 0.5) is 0 Å². The molecule has 2 rings (SSSR count). The lowest BCUT2D eigenvalue weighted by Crippen LogP contribution is -2.58. The third-order valence-electron chi connectivity index (χ3n) is 13.6. The van der Waals surface area contributed by atoms with E-state index in [1.54, 1.807) is 64.6 Å². The molecule has 0 aliphatic carbocycles. The average molecular weight is 823 g/mol. The highest BCUT2D eigenvalue weighted by Crippen LogP contribution is 2.61. The van der Waals surface area contributed by atoms with Crippen LogP contribution in [0.5, 0.6) is 11.5 Å². The molecule has 0 aliphatic rings. The molecule has 2 aromatic carbocycles. The number of hydrogen-bond acceptors (Lipinski definition) is 2. The Morgan fingerprint density at radius 2 is 0.569 bits per heavy atom. The molecule has 0 amide bonds. The standard InChI is InChI=1S/C32H68P.C22H32BO2/c1-5-9-13-17-21-25-29-33(30-26-22-18-14-10-6-2,31-27-23-19-15-11-7-3)32-28-24-20-16-12-8-4;1-5-7-17-23(18-8-6-2,19-9-13-21(24-3)14-10-19)20-11-15-22(25-4)16-12-20/h5-32H2,1-4H3;9-16H,5-8,17-18H2,1-4H3/q+1;-1. The maximum atomic E-state index is 5.37. The van der Waals surface area contributed by atoms with Gasteiger partial charge in [-0.25, -0.2) is 10.9 Å². The van der Waals surface area contributed by atoms with E-state index in [2.05, 4.69) is 90.1 Å². The number of rotatable bonds is 38. The van der Waals surface area contributed by atoms with Gasteiger partial charge in [-0.15, -0.1) is 0 Å². The molecule has 0 aliphatic heterocycles. The number of benzene rings is 2. The number of hydrogen-bond donors (Lipinski definition) is 0. The molecule has 0 unspecified atom stereocenters. The second kappa shape index (κ2) is 37.3. The first kappa shape index (κ1) is 54.6. The molecule has 336 valence electrons. The van der Waals surface area contributed by atoms with Crippen molar-refractivity contribution in [1.82, 2.24) is 0 Å². The fourth-order valence-electron chi connectivity index (χ4n) is 9.63. The molecule has 0 atom stereocenters. The molecule has 2 nitrogen and oxygen atoms in total. The minimum Gasteiger partial charge on any atom is -0.497 e. The molecular weight excluding hydrogens is 722 g/mol. The maximum Gasteiger partial charge on any atom is 0.118 e. The normalized spacial score (nSPS) is 11.7. The summed E-state index contributed by atoms with van der Waals surface area (Å²) in [7, 11) is 2.74. The van der Waals surface area contributed by atoms with Gasteiger partial charge in [0.2, 0.25) is 0 Å². The Hall–Kier alpha value is -1.47. The summed E-state index contributed by atoms with van der Waals surface area (Å²) in [6, 6.07) is 17.5. The van der Waals surface area contributed by atoms with E-state index in [4.69, 9.17) is 9.47 Å². The Bertz CT molecular complexity index is 1020. The smallest absolute Gasteiger partial charge is 0.118 e. The molecule has 0 aromatic heterocycles. The first-order chi connectivity index (χ1) is 28.4. The van der Waals surface area contributed by atoms with Crippen LogP contribution in [0.3, 0.4) is 0 Å². The minimum atomic E-state index is -0.764. The van der Waals surface area contributed by atoms with Crippen molar-refractivity contribution in [3.05, 3.63) is 48.5 Å². The molecule has 0 saturated carbocycles. The summed E-state index contributed by atoms with van der Waals surface area (Å²) in [4.78, 5) is 0. The largest absolute Gasteiger partial charge is 0.497 e. The van der Waals surface area contributed by atoms with Gasteiger partial charge in [-0.2, -0.15) is 12.6 Å². The zero-order valence-corrected chi connectivity index (χ0v) is 41.4. The van der Waals surface area contributed by atoms with Crippen LogP contribution in [0, 0.1) is 0 Å². The Balaban J connectivity index is 0.000000600. The van der Waals surface area contributed by atoms with Crippen molar-refractivity contribution in [2.45, 2.75) is 234 Å². The Morgan fingerprint density at radius 1 is 0.328 bits per heavy atom. The summed E-state index contributed by atoms with van der Waals surface area (Å²) in [5.41, 5.74) is 2.90. The van der Waals surface area contributed by atoms with Crippen molar-refractivity contribution in [1.29, 1.82) is 0 Å². The number of methoxy groups -OCH3 is 2. The van der Waals surface area contributed by atoms with Crippen molar-refractivity contribution in [3.63, 3.8) is 0 Å². The van der Waals surface area contributed by atoms with E-state index in [1.165, 1.54) is 178 Å². The van der Waals surface area contributed by atoms with E-state index in [1.807, 2.05) is 0 Å². The minimum absolute atomic E-state index is 0.718. The highest BCUT2D eigenvalue weighted by molar-refractivity contribution is 7.75. The summed E-state index contributed by atoms with van der Waals surface area (Å²) in [5, 5.41) is 0. The quantitative estimate of drug-likeness (QED) is 0.0382. The van der Waals surface area contributed by atoms with E-state index >= 15 is 0 Å². The Kier molecular flexibility index (Phi) is 35.1. The van der Waals surface area contributed by atoms with E-state index in [-0.39, 0.29) is 0 Å². The van der Waals surface area contributed by atoms with Gasteiger partial charge in [0.15, 0.2) is 0 Å². The average Bonchev–Trinajstić information content (AvgIpc) is 3.26. The summed E-state index contributed by atoms with van der Waals surface area (Å²) < 4.78 is 10.7. The van der Waals surface area contributed by atoms with Gasteiger partial charge in [0.25, 0.3) is 0 Å². The first-order valence-corrected chi connectivity index (χ1v) is 28.3. The topological polar surface area (TPSA) is 18.5 Å². The monoisotopic (exact) mass is 823 g/mol. The van der Waals surface area contributed by atoms with Gasteiger partial charge >= 0.3 is 0 Å². The van der Waals surface area contributed by atoms with Crippen LogP contribution in [-0.4, -0.2) is 45.0 Å². The molecule has 0 heterocycles. The summed E-state index contributed by atoms with van der Waals surface area (Å²) in [5.74, 6) is 1.85. The Labute approximate surface area is 365 Å². The van der Waals surface area contributed by atoms with E-state index in [0.29, 0.717) is 0 Å². The zero-order chi connectivity index (χ0) is 42.4. The van der Waals surface area contributed by atoms with Gasteiger partial charge in [-0.05, 0) is 75.6 Å². The van der Waals surface area contributed by atoms with Crippen LogP contribution in [0.1, 0.15) is 221 Å². The molecule has 0 bridgehead atoms. The van der Waals surface area contributed by atoms with Crippen molar-refractivity contribution in [3.8, 4) is 11.5 Å². The fraction of sp³-hybridized carbons (Fsp3) is 0.778. The molecule has 0 spiro atoms. The lowest BCUT2D eigenvalue weighted by Gasteiger charge is -2.42. The van der Waals surface area contributed by atoms with E-state index < -0.39 is 13.4 Å². The maximum absolute atomic E-state index is 5.37. The second-order valence-electron chi connectivity index (χ2n) is 18.4. The molecule has 0 radical (unpaired) electrons. The van der Waals surface area contributed by atoms with Crippen LogP contribution in [0.25, 0.3) is 0 Å². The zero-order valence-electron chi connectivity index (χ0n) is 40.5. The van der Waals surface area contributed by atoms with Crippen molar-refractivity contribution < 1.29 is 9.47 Å². The number of ether oxygens (including phenoxy) is 2. The van der Waals surface area contributed by atoms with Gasteiger partial charge in [0, 0.05) is 7.26 Å². The van der Waals surface area contributed by atoms with E-state index in [9.17, 15) is 0 Å². The highest BCUT2D eigenvalue weighted by atomic mass is 31.2. The predicted molar refractivity (Wildman–Crippen MR) is 270 cm³/mol. The molecule has 0 saturated heterocycles. The lowest BCUT2D eigenvalue weighted by atomic mass is 9.15. The van der Waals surface area contributed by atoms with Gasteiger partial charge in [-0.3, -0.25) is 0 Å². The van der Waals surface area contributed by atoms with Crippen LogP contribution >= 0.6 is 7.26 Å². The van der Waals surface area contributed by atoms with Crippen LogP contribution in [-0.2, 0) is 0 Å². The fourth-order valence-corrected chi connectivity index (χ4v) is 14.6. The van der Waals surface area contributed by atoms with Crippen LogP contribution in [0.15, 0.2) is 48.5 Å². The van der Waals surface area contributed by atoms with E-state index in [0.717, 1.165) is 11.5 Å². The molecule has 4 heteroatoms. The van der Waals surface area contributed by atoms with Crippen LogP contribution in [0.2, 0.25) is 12.6 Å². The first-order valence-electron chi connectivity index (χ1n) is 25.8. The van der Waals surface area contributed by atoms with Gasteiger partial charge in [0.1, 0.15) is 11.5 Å². The van der Waals surface area contributed by atoms with Gasteiger partial charge in [-0.1, -0.05) is 194 Å². The Morgan fingerprint density at radius 3 is 0.810 bits per heavy atom. The molecule has 2 aromatic rings. The molecule has 0 fully saturated rings. The van der Waals surface area contributed by atoms with Crippen molar-refractivity contribution >= 4 is 24.3 Å². The van der Waals surface area contributed by atoms with Gasteiger partial charge in [0.05, 0.1) is 45.0 Å². The summed E-state index contributed by atoms with van der Waals surface area (Å²) >= 11 is 0.